The third kappa shape index (κ3) is 2.65. The van der Waals surface area contributed by atoms with Crippen LogP contribution in [-0.2, 0) is 13.0 Å². The highest BCUT2D eigenvalue weighted by Crippen LogP contribution is 2.39. The molecular formula is C16H17F4N5. The molecule has 2 aliphatic heterocycles. The van der Waals surface area contributed by atoms with Gasteiger partial charge in [0.1, 0.15) is 11.5 Å². The van der Waals surface area contributed by atoms with Crippen LogP contribution in [0.1, 0.15) is 49.8 Å². The van der Waals surface area contributed by atoms with Gasteiger partial charge in [-0.05, 0) is 25.7 Å². The molecule has 2 aliphatic rings. The molecule has 0 amide bonds. The molecule has 4 heterocycles. The van der Waals surface area contributed by atoms with Crippen molar-refractivity contribution in [2.24, 2.45) is 0 Å². The van der Waals surface area contributed by atoms with Crippen molar-refractivity contribution in [3.05, 3.63) is 35.2 Å². The molecule has 2 aromatic rings. The number of aryl methyl sites for hydroxylation is 1. The van der Waals surface area contributed by atoms with E-state index in [9.17, 15) is 17.6 Å². The summed E-state index contributed by atoms with van der Waals surface area (Å²) in [5.74, 6) is -4.76. The Kier molecular flexibility index (Phi) is 4.09. The maximum atomic E-state index is 14.2. The van der Waals surface area contributed by atoms with Gasteiger partial charge in [-0.25, -0.2) is 0 Å². The normalized spacial score (nSPS) is 20.6. The van der Waals surface area contributed by atoms with Crippen LogP contribution in [0, 0.1) is 23.5 Å². The number of pyridine rings is 1. The highest BCUT2D eigenvalue weighted by molar-refractivity contribution is 5.51. The number of rotatable bonds is 2. The zero-order valence-electron chi connectivity index (χ0n) is 13.5. The molecule has 0 radical (unpaired) electrons. The molecule has 134 valence electrons. The summed E-state index contributed by atoms with van der Waals surface area (Å²) in [4.78, 5) is 3.98. The number of fused-ring (bicyclic) bond motifs is 1. The van der Waals surface area contributed by atoms with E-state index in [2.05, 4.69) is 15.2 Å². The van der Waals surface area contributed by atoms with E-state index in [1.165, 1.54) is 4.90 Å². The summed E-state index contributed by atoms with van der Waals surface area (Å²) >= 11 is 0. The zero-order chi connectivity index (χ0) is 17.6. The minimum atomic E-state index is -1.64. The Hall–Kier alpha value is -2.19. The number of nitrogens with zero attached hydrogens (tertiary/aromatic N) is 5. The maximum absolute atomic E-state index is 14.2. The Morgan fingerprint density at radius 3 is 2.36 bits per heavy atom. The fraction of sp³-hybridized carbons (Fsp3) is 0.562. The largest absolute Gasteiger partial charge is 0.356 e. The third-order valence-electron chi connectivity index (χ3n) is 4.95. The van der Waals surface area contributed by atoms with Crippen LogP contribution < -0.4 is 4.90 Å². The first kappa shape index (κ1) is 16.3. The lowest BCUT2D eigenvalue weighted by Crippen LogP contribution is -2.28. The van der Waals surface area contributed by atoms with E-state index in [1.807, 2.05) is 4.57 Å². The number of hydrogen-bond donors (Lipinski definition) is 0. The van der Waals surface area contributed by atoms with E-state index in [0.717, 1.165) is 38.1 Å². The first-order valence-corrected chi connectivity index (χ1v) is 8.46. The molecule has 2 aromatic heterocycles. The molecule has 1 unspecified atom stereocenters. The van der Waals surface area contributed by atoms with Crippen LogP contribution >= 0.6 is 0 Å². The second-order valence-electron chi connectivity index (χ2n) is 6.46. The summed E-state index contributed by atoms with van der Waals surface area (Å²) in [6.45, 7) is 1.02. The Bertz CT molecular complexity index is 780. The predicted octanol–water partition coefficient (Wildman–Crippen LogP) is 3.30. The van der Waals surface area contributed by atoms with Crippen LogP contribution in [0.25, 0.3) is 0 Å². The molecule has 0 saturated carbocycles. The smallest absolute Gasteiger partial charge is 0.253 e. The fourth-order valence-corrected chi connectivity index (χ4v) is 3.79. The zero-order valence-corrected chi connectivity index (χ0v) is 13.5. The fourth-order valence-electron chi connectivity index (χ4n) is 3.79. The minimum Gasteiger partial charge on any atom is -0.356 e. The highest BCUT2D eigenvalue weighted by Gasteiger charge is 2.36. The molecular weight excluding hydrogens is 338 g/mol. The molecule has 4 rings (SSSR count). The van der Waals surface area contributed by atoms with E-state index in [0.29, 0.717) is 18.7 Å². The molecule has 1 atom stereocenters. The molecule has 9 heteroatoms. The number of halogens is 4. The number of anilines is 1. The van der Waals surface area contributed by atoms with Gasteiger partial charge in [-0.1, -0.05) is 6.42 Å². The molecule has 25 heavy (non-hydrogen) atoms. The highest BCUT2D eigenvalue weighted by atomic mass is 19.2. The van der Waals surface area contributed by atoms with Gasteiger partial charge < -0.3 is 9.47 Å². The molecule has 1 fully saturated rings. The van der Waals surface area contributed by atoms with Crippen molar-refractivity contribution in [1.29, 1.82) is 0 Å². The average Bonchev–Trinajstić information content (AvgIpc) is 3.14. The van der Waals surface area contributed by atoms with E-state index >= 15 is 0 Å². The van der Waals surface area contributed by atoms with Gasteiger partial charge in [-0.2, -0.15) is 22.5 Å². The topological polar surface area (TPSA) is 46.8 Å². The van der Waals surface area contributed by atoms with Crippen molar-refractivity contribution in [2.75, 3.05) is 11.4 Å². The summed E-state index contributed by atoms with van der Waals surface area (Å²) in [6.07, 6.45) is 5.12. The molecule has 0 N–H and O–H groups in total. The van der Waals surface area contributed by atoms with Crippen LogP contribution in [0.2, 0.25) is 0 Å². The van der Waals surface area contributed by atoms with Crippen molar-refractivity contribution in [3.8, 4) is 0 Å². The lowest BCUT2D eigenvalue weighted by Gasteiger charge is -2.27. The Balaban J connectivity index is 1.77. The first-order chi connectivity index (χ1) is 12.1. The molecule has 0 aromatic carbocycles. The van der Waals surface area contributed by atoms with Crippen molar-refractivity contribution >= 4 is 5.69 Å². The summed E-state index contributed by atoms with van der Waals surface area (Å²) in [5, 5.41) is 8.43. The number of aromatic nitrogens is 4. The average molecular weight is 355 g/mol. The van der Waals surface area contributed by atoms with E-state index in [4.69, 9.17) is 0 Å². The summed E-state index contributed by atoms with van der Waals surface area (Å²) in [5.41, 5.74) is -0.710. The quantitative estimate of drug-likeness (QED) is 0.613. The second kappa shape index (κ2) is 6.27. The van der Waals surface area contributed by atoms with Crippen LogP contribution in [0.4, 0.5) is 23.2 Å². The van der Waals surface area contributed by atoms with Crippen LogP contribution in [0.15, 0.2) is 0 Å². The molecule has 0 aliphatic carbocycles. The standard InChI is InChI=1S/C16H17F4N5/c17-11-13(12(18)15(20)21-14(11)19)24-8-4-5-9(24)16-23-22-10-6-2-1-3-7-25(10)16/h9H,1-8H2. The van der Waals surface area contributed by atoms with Crippen molar-refractivity contribution in [1.82, 2.24) is 19.7 Å². The minimum absolute atomic E-state index is 0.281. The van der Waals surface area contributed by atoms with Gasteiger partial charge in [0.15, 0.2) is 5.82 Å². The van der Waals surface area contributed by atoms with Gasteiger partial charge in [0.05, 0.1) is 6.04 Å². The van der Waals surface area contributed by atoms with Gasteiger partial charge >= 0.3 is 0 Å². The lowest BCUT2D eigenvalue weighted by atomic mass is 10.2. The van der Waals surface area contributed by atoms with Crippen molar-refractivity contribution in [3.63, 3.8) is 0 Å². The summed E-state index contributed by atoms with van der Waals surface area (Å²) in [6, 6.07) is -0.468. The van der Waals surface area contributed by atoms with Crippen LogP contribution in [0.3, 0.4) is 0 Å². The van der Waals surface area contributed by atoms with Crippen LogP contribution in [-0.4, -0.2) is 26.3 Å². The number of hydrogen-bond acceptors (Lipinski definition) is 4. The van der Waals surface area contributed by atoms with Crippen molar-refractivity contribution in [2.45, 2.75) is 51.1 Å². The molecule has 1 saturated heterocycles. The van der Waals surface area contributed by atoms with Gasteiger partial charge in [0.25, 0.3) is 11.9 Å². The first-order valence-electron chi connectivity index (χ1n) is 8.46. The maximum Gasteiger partial charge on any atom is 0.253 e. The van der Waals surface area contributed by atoms with Crippen molar-refractivity contribution < 1.29 is 17.6 Å². The van der Waals surface area contributed by atoms with Gasteiger partial charge in [0.2, 0.25) is 11.6 Å². The molecule has 0 spiro atoms. The monoisotopic (exact) mass is 355 g/mol. The molecule has 5 nitrogen and oxygen atoms in total. The molecule has 0 bridgehead atoms. The Morgan fingerprint density at radius 1 is 0.840 bits per heavy atom. The van der Waals surface area contributed by atoms with E-state index in [1.54, 1.807) is 0 Å². The van der Waals surface area contributed by atoms with E-state index < -0.39 is 35.3 Å². The van der Waals surface area contributed by atoms with Gasteiger partial charge in [-0.3, -0.25) is 0 Å². The summed E-state index contributed by atoms with van der Waals surface area (Å²) < 4.78 is 57.4. The SMILES string of the molecule is Fc1nc(F)c(F)c(N2CCCC2c2nnc3n2CCCCC3)c1F. The Labute approximate surface area is 141 Å². The summed E-state index contributed by atoms with van der Waals surface area (Å²) in [7, 11) is 0. The van der Waals surface area contributed by atoms with E-state index in [-0.39, 0.29) is 6.54 Å². The lowest BCUT2D eigenvalue weighted by molar-refractivity contribution is 0.403. The predicted molar refractivity (Wildman–Crippen MR) is 81.0 cm³/mol. The Morgan fingerprint density at radius 2 is 1.60 bits per heavy atom. The van der Waals surface area contributed by atoms with Crippen LogP contribution in [0.5, 0.6) is 0 Å². The third-order valence-corrected chi connectivity index (χ3v) is 4.95. The van der Waals surface area contributed by atoms with Gasteiger partial charge in [0, 0.05) is 19.5 Å². The van der Waals surface area contributed by atoms with Gasteiger partial charge in [-0.15, -0.1) is 10.2 Å². The second-order valence-corrected chi connectivity index (χ2v) is 6.46.